The number of carbonyl (C=O) groups excluding carboxylic acids is 1. The van der Waals surface area contributed by atoms with Gasteiger partial charge in [0.2, 0.25) is 0 Å². The molecule has 0 aliphatic heterocycles. The van der Waals surface area contributed by atoms with Crippen LogP contribution in [0.1, 0.15) is 15.9 Å². The van der Waals surface area contributed by atoms with Crippen LogP contribution in [-0.2, 0) is 16.5 Å². The van der Waals surface area contributed by atoms with Gasteiger partial charge in [0.25, 0.3) is 5.91 Å². The molecule has 0 unspecified atom stereocenters. The van der Waals surface area contributed by atoms with Gasteiger partial charge in [-0.05, 0) is 30.3 Å². The molecular weight excluding hydrogens is 408 g/mol. The Morgan fingerprint density at radius 2 is 1.73 bits per heavy atom. The number of benzene rings is 2. The molecule has 10 heteroatoms. The molecule has 0 aliphatic carbocycles. The Balaban J connectivity index is 1.89. The van der Waals surface area contributed by atoms with E-state index >= 15 is 0 Å². The Bertz CT molecular complexity index is 1120. The van der Waals surface area contributed by atoms with Crippen molar-refractivity contribution in [3.63, 3.8) is 0 Å². The summed E-state index contributed by atoms with van der Waals surface area (Å²) in [6.07, 6.45) is 3.49. The van der Waals surface area contributed by atoms with E-state index in [1.807, 2.05) is 12.3 Å². The van der Waals surface area contributed by atoms with Gasteiger partial charge >= 0.3 is 0 Å². The zero-order valence-corrected chi connectivity index (χ0v) is 17.6. The lowest BCUT2D eigenvalue weighted by Gasteiger charge is -2.17. The van der Waals surface area contributed by atoms with Crippen LogP contribution in [-0.4, -0.2) is 41.2 Å². The molecule has 0 aliphatic rings. The maximum atomic E-state index is 13.1. The van der Waals surface area contributed by atoms with Crippen LogP contribution >= 0.6 is 0 Å². The molecule has 0 fully saturated rings. The smallest absolute Gasteiger partial charge is 0.263 e. The average Bonchev–Trinajstić information content (AvgIpc) is 3.26. The lowest BCUT2D eigenvalue weighted by Crippen LogP contribution is -2.30. The van der Waals surface area contributed by atoms with Crippen LogP contribution in [0.25, 0.3) is 0 Å². The molecule has 1 atom stereocenters. The van der Waals surface area contributed by atoms with Crippen molar-refractivity contribution >= 4 is 15.8 Å². The number of aromatic nitrogens is 2. The number of carbonyl (C=O) groups is 1. The average molecular weight is 430 g/mol. The molecule has 1 amide bonds. The van der Waals surface area contributed by atoms with Crippen molar-refractivity contribution in [3.8, 4) is 17.2 Å². The summed E-state index contributed by atoms with van der Waals surface area (Å²) in [6.45, 7) is 0.464. The molecule has 1 heterocycles. The summed E-state index contributed by atoms with van der Waals surface area (Å²) in [6, 6.07) is 11.4. The normalized spacial score (nSPS) is 12.6. The SMILES string of the molecule is COc1cc(C(=O)N[S@@](=N)(=O)c2c(OC)cccc2OC)ccc1Cn1cccn1. The van der Waals surface area contributed by atoms with Crippen molar-refractivity contribution < 1.29 is 23.2 Å². The van der Waals surface area contributed by atoms with Gasteiger partial charge in [0.1, 0.15) is 17.2 Å². The van der Waals surface area contributed by atoms with E-state index < -0.39 is 15.8 Å². The molecule has 158 valence electrons. The topological polar surface area (TPSA) is 116 Å². The zero-order chi connectivity index (χ0) is 21.7. The van der Waals surface area contributed by atoms with E-state index in [0.717, 1.165) is 5.56 Å². The van der Waals surface area contributed by atoms with Crippen molar-refractivity contribution in [2.75, 3.05) is 21.3 Å². The van der Waals surface area contributed by atoms with Gasteiger partial charge in [0, 0.05) is 23.5 Å². The minimum Gasteiger partial charge on any atom is -0.496 e. The highest BCUT2D eigenvalue weighted by Crippen LogP contribution is 2.33. The Morgan fingerprint density at radius 3 is 2.30 bits per heavy atom. The van der Waals surface area contributed by atoms with Crippen LogP contribution in [0.3, 0.4) is 0 Å². The van der Waals surface area contributed by atoms with Crippen LogP contribution in [0, 0.1) is 4.78 Å². The Labute approximate surface area is 174 Å². The van der Waals surface area contributed by atoms with Crippen molar-refractivity contribution in [2.45, 2.75) is 11.4 Å². The molecular formula is C20H22N4O5S. The minimum atomic E-state index is -3.77. The number of nitrogens with one attached hydrogen (secondary N) is 2. The first kappa shape index (κ1) is 21.2. The number of hydrogen-bond acceptors (Lipinski definition) is 7. The van der Waals surface area contributed by atoms with E-state index in [1.54, 1.807) is 41.2 Å². The summed E-state index contributed by atoms with van der Waals surface area (Å²) in [5.41, 5.74) is 1.01. The second-order valence-corrected chi connectivity index (χ2v) is 7.93. The monoisotopic (exact) mass is 430 g/mol. The molecule has 2 N–H and O–H groups in total. The summed E-state index contributed by atoms with van der Waals surface area (Å²) in [4.78, 5) is 12.7. The summed E-state index contributed by atoms with van der Waals surface area (Å²) in [5, 5.41) is 4.15. The Hall–Kier alpha value is -3.53. The molecule has 0 spiro atoms. The van der Waals surface area contributed by atoms with E-state index in [9.17, 15) is 9.00 Å². The Morgan fingerprint density at radius 1 is 1.07 bits per heavy atom. The van der Waals surface area contributed by atoms with Crippen molar-refractivity contribution in [2.24, 2.45) is 0 Å². The highest BCUT2D eigenvalue weighted by atomic mass is 32.2. The highest BCUT2D eigenvalue weighted by molar-refractivity contribution is 7.91. The predicted octanol–water partition coefficient (Wildman–Crippen LogP) is 2.71. The molecule has 9 nitrogen and oxygen atoms in total. The summed E-state index contributed by atoms with van der Waals surface area (Å²) in [5.74, 6) is 0.153. The third kappa shape index (κ3) is 4.38. The summed E-state index contributed by atoms with van der Waals surface area (Å²) >= 11 is 0. The molecule has 3 rings (SSSR count). The van der Waals surface area contributed by atoms with Crippen LogP contribution in [0.4, 0.5) is 0 Å². The van der Waals surface area contributed by atoms with Crippen LogP contribution in [0.2, 0.25) is 0 Å². The number of methoxy groups -OCH3 is 3. The Kier molecular flexibility index (Phi) is 6.26. The molecule has 0 saturated carbocycles. The second-order valence-electron chi connectivity index (χ2n) is 6.21. The number of ether oxygens (including phenoxy) is 3. The number of hydrogen-bond donors (Lipinski definition) is 2. The fraction of sp³-hybridized carbons (Fsp3) is 0.200. The molecule has 30 heavy (non-hydrogen) atoms. The van der Waals surface area contributed by atoms with Crippen LogP contribution in [0.15, 0.2) is 59.8 Å². The van der Waals surface area contributed by atoms with Gasteiger partial charge in [-0.1, -0.05) is 12.1 Å². The fourth-order valence-corrected chi connectivity index (χ4v) is 4.28. The van der Waals surface area contributed by atoms with E-state index in [1.165, 1.54) is 27.4 Å². The number of nitrogens with zero attached hydrogens (tertiary/aromatic N) is 2. The standard InChI is InChI=1S/C20H22N4O5S/c1-27-16-6-4-7-17(28-2)19(16)30(21,26)23-20(25)14-8-9-15(18(12-14)29-3)13-24-11-5-10-22-24/h4-12H,13H2,1-3H3,(H2,21,23,25,26)/t30-/m1/s1. The first-order valence-corrected chi connectivity index (χ1v) is 10.4. The van der Waals surface area contributed by atoms with Gasteiger partial charge in [0.15, 0.2) is 14.8 Å². The van der Waals surface area contributed by atoms with Gasteiger partial charge in [-0.3, -0.25) is 14.2 Å². The van der Waals surface area contributed by atoms with Gasteiger partial charge in [-0.15, -0.1) is 0 Å². The molecule has 0 bridgehead atoms. The van der Waals surface area contributed by atoms with Crippen molar-refractivity contribution in [1.82, 2.24) is 14.5 Å². The summed E-state index contributed by atoms with van der Waals surface area (Å²) in [7, 11) is 0.504. The minimum absolute atomic E-state index is 0.0365. The molecule has 3 aromatic rings. The quantitative estimate of drug-likeness (QED) is 0.568. The molecule has 0 radical (unpaired) electrons. The third-order valence-electron chi connectivity index (χ3n) is 4.35. The maximum Gasteiger partial charge on any atom is 0.263 e. The van der Waals surface area contributed by atoms with Gasteiger partial charge in [0.05, 0.1) is 27.9 Å². The first-order valence-electron chi connectivity index (χ1n) is 8.86. The zero-order valence-electron chi connectivity index (χ0n) is 16.7. The third-order valence-corrected chi connectivity index (χ3v) is 5.80. The second kappa shape index (κ2) is 8.87. The lowest BCUT2D eigenvalue weighted by molar-refractivity contribution is 0.0982. The predicted molar refractivity (Wildman–Crippen MR) is 110 cm³/mol. The van der Waals surface area contributed by atoms with E-state index in [-0.39, 0.29) is 22.0 Å². The highest BCUT2D eigenvalue weighted by Gasteiger charge is 2.24. The van der Waals surface area contributed by atoms with Crippen molar-refractivity contribution in [1.29, 1.82) is 4.78 Å². The van der Waals surface area contributed by atoms with Crippen molar-refractivity contribution in [3.05, 3.63) is 66.0 Å². The summed E-state index contributed by atoms with van der Waals surface area (Å²) < 4.78 is 41.2. The van der Waals surface area contributed by atoms with Gasteiger partial charge in [-0.25, -0.2) is 8.99 Å². The van der Waals surface area contributed by atoms with Gasteiger partial charge < -0.3 is 14.2 Å². The number of rotatable bonds is 8. The maximum absolute atomic E-state index is 13.1. The molecule has 2 aromatic carbocycles. The number of amides is 1. The van der Waals surface area contributed by atoms with E-state index in [0.29, 0.717) is 12.3 Å². The molecule has 1 aromatic heterocycles. The first-order chi connectivity index (χ1) is 14.4. The van der Waals surface area contributed by atoms with Gasteiger partial charge in [-0.2, -0.15) is 5.10 Å². The molecule has 0 saturated heterocycles. The van der Waals surface area contributed by atoms with Crippen LogP contribution < -0.4 is 18.9 Å². The van der Waals surface area contributed by atoms with Crippen LogP contribution in [0.5, 0.6) is 17.2 Å². The largest absolute Gasteiger partial charge is 0.496 e. The van der Waals surface area contributed by atoms with E-state index in [4.69, 9.17) is 19.0 Å². The fourth-order valence-electron chi connectivity index (χ4n) is 2.93. The van der Waals surface area contributed by atoms with E-state index in [2.05, 4.69) is 9.82 Å². The lowest BCUT2D eigenvalue weighted by atomic mass is 10.1.